The van der Waals surface area contributed by atoms with Crippen LogP contribution in [0.15, 0.2) is 34.9 Å². The molecule has 1 aromatic carbocycles. The zero-order valence-electron chi connectivity index (χ0n) is 9.15. The molecule has 3 rings (SSSR count). The molecule has 16 heavy (non-hydrogen) atoms. The highest BCUT2D eigenvalue weighted by Gasteiger charge is 2.26. The van der Waals surface area contributed by atoms with Crippen molar-refractivity contribution >= 4 is 11.0 Å². The zero-order valence-corrected chi connectivity index (χ0v) is 9.15. The van der Waals surface area contributed by atoms with Crippen molar-refractivity contribution in [1.29, 1.82) is 0 Å². The van der Waals surface area contributed by atoms with Crippen LogP contribution in [0.25, 0.3) is 11.0 Å². The maximum absolute atomic E-state index is 5.83. The quantitative estimate of drug-likeness (QED) is 0.823. The summed E-state index contributed by atoms with van der Waals surface area (Å²) < 4.78 is 5.54. The van der Waals surface area contributed by atoms with E-state index in [1.165, 1.54) is 23.8 Å². The van der Waals surface area contributed by atoms with E-state index in [1.807, 2.05) is 24.5 Å². The van der Waals surface area contributed by atoms with Crippen molar-refractivity contribution in [2.45, 2.75) is 24.9 Å². The van der Waals surface area contributed by atoms with Crippen LogP contribution in [0.4, 0.5) is 0 Å². The van der Waals surface area contributed by atoms with Gasteiger partial charge in [-0.3, -0.25) is 0 Å². The van der Waals surface area contributed by atoms with E-state index in [0.717, 1.165) is 5.58 Å². The van der Waals surface area contributed by atoms with Gasteiger partial charge in [0, 0.05) is 29.6 Å². The first-order valence-electron chi connectivity index (χ1n) is 5.80. The summed E-state index contributed by atoms with van der Waals surface area (Å²) in [5.74, 6) is 0. The van der Waals surface area contributed by atoms with Crippen molar-refractivity contribution < 1.29 is 4.42 Å². The number of nitrogens with two attached hydrogens (primary N) is 1. The van der Waals surface area contributed by atoms with Crippen molar-refractivity contribution in [1.82, 2.24) is 5.32 Å². The minimum Gasteiger partial charge on any atom is -0.464 e. The molecule has 0 amide bonds. The van der Waals surface area contributed by atoms with Crippen LogP contribution in [0.1, 0.15) is 24.4 Å². The molecule has 0 radical (unpaired) electrons. The number of hydrogen-bond acceptors (Lipinski definition) is 3. The first-order valence-corrected chi connectivity index (χ1v) is 5.80. The van der Waals surface area contributed by atoms with Gasteiger partial charge in [0.15, 0.2) is 0 Å². The lowest BCUT2D eigenvalue weighted by Gasteiger charge is -2.14. The summed E-state index contributed by atoms with van der Waals surface area (Å²) in [6, 6.07) is 8.97. The maximum Gasteiger partial charge on any atom is 0.134 e. The summed E-state index contributed by atoms with van der Waals surface area (Å²) in [6.07, 6.45) is 4.37. The van der Waals surface area contributed by atoms with Crippen LogP contribution in [0.2, 0.25) is 0 Å². The molecule has 0 aliphatic heterocycles. The van der Waals surface area contributed by atoms with Crippen LogP contribution in [0, 0.1) is 0 Å². The second-order valence-electron chi connectivity index (χ2n) is 4.42. The third-order valence-corrected chi connectivity index (χ3v) is 3.14. The Morgan fingerprint density at radius 3 is 2.94 bits per heavy atom. The summed E-state index contributed by atoms with van der Waals surface area (Å²) in [6.45, 7) is 0.611. The molecule has 1 fully saturated rings. The summed E-state index contributed by atoms with van der Waals surface area (Å²) in [5.41, 5.74) is 7.95. The maximum atomic E-state index is 5.83. The molecule has 1 aliphatic rings. The van der Waals surface area contributed by atoms with Crippen molar-refractivity contribution in [3.63, 3.8) is 0 Å². The largest absolute Gasteiger partial charge is 0.464 e. The number of fused-ring (bicyclic) bond motifs is 1. The summed E-state index contributed by atoms with van der Waals surface area (Å²) in [4.78, 5) is 0. The second-order valence-corrected chi connectivity index (χ2v) is 4.42. The topological polar surface area (TPSA) is 51.2 Å². The smallest absolute Gasteiger partial charge is 0.134 e. The summed E-state index contributed by atoms with van der Waals surface area (Å²) >= 11 is 0. The number of para-hydroxylation sites is 1. The highest BCUT2D eigenvalue weighted by molar-refractivity contribution is 5.81. The number of furan rings is 1. The van der Waals surface area contributed by atoms with Gasteiger partial charge in [0.05, 0.1) is 6.26 Å². The third kappa shape index (κ3) is 1.72. The fourth-order valence-electron chi connectivity index (χ4n) is 2.09. The molecule has 3 heteroatoms. The Morgan fingerprint density at radius 1 is 1.38 bits per heavy atom. The lowest BCUT2D eigenvalue weighted by Crippen LogP contribution is -2.29. The van der Waals surface area contributed by atoms with E-state index < -0.39 is 0 Å². The fourth-order valence-corrected chi connectivity index (χ4v) is 2.09. The van der Waals surface area contributed by atoms with Crippen LogP contribution < -0.4 is 11.1 Å². The van der Waals surface area contributed by atoms with Crippen molar-refractivity contribution in [3.8, 4) is 0 Å². The average Bonchev–Trinajstić information content (AvgIpc) is 3.04. The monoisotopic (exact) mass is 216 g/mol. The van der Waals surface area contributed by atoms with Gasteiger partial charge in [0.1, 0.15) is 5.58 Å². The molecule has 1 unspecified atom stereocenters. The molecule has 3 nitrogen and oxygen atoms in total. The predicted octanol–water partition coefficient (Wildman–Crippen LogP) is 2.18. The van der Waals surface area contributed by atoms with Gasteiger partial charge in [0.25, 0.3) is 0 Å². The molecule has 0 spiro atoms. The van der Waals surface area contributed by atoms with E-state index in [-0.39, 0.29) is 6.04 Å². The van der Waals surface area contributed by atoms with E-state index >= 15 is 0 Å². The van der Waals surface area contributed by atoms with Crippen LogP contribution in [-0.2, 0) is 0 Å². The minimum atomic E-state index is 0.219. The Labute approximate surface area is 94.6 Å². The first kappa shape index (κ1) is 9.87. The van der Waals surface area contributed by atoms with Crippen LogP contribution in [0.5, 0.6) is 0 Å². The summed E-state index contributed by atoms with van der Waals surface area (Å²) in [7, 11) is 0. The van der Waals surface area contributed by atoms with E-state index in [4.69, 9.17) is 10.2 Å². The van der Waals surface area contributed by atoms with Gasteiger partial charge in [-0.2, -0.15) is 0 Å². The van der Waals surface area contributed by atoms with Gasteiger partial charge >= 0.3 is 0 Å². The van der Waals surface area contributed by atoms with Crippen molar-refractivity contribution in [2.75, 3.05) is 6.54 Å². The Morgan fingerprint density at radius 2 is 2.19 bits per heavy atom. The molecule has 1 atom stereocenters. The molecule has 3 N–H and O–H groups in total. The third-order valence-electron chi connectivity index (χ3n) is 3.14. The molecular weight excluding hydrogens is 200 g/mol. The van der Waals surface area contributed by atoms with Gasteiger partial charge < -0.3 is 15.5 Å². The molecule has 0 saturated heterocycles. The fraction of sp³-hybridized carbons (Fsp3) is 0.385. The Kier molecular flexibility index (Phi) is 2.42. The Balaban J connectivity index is 1.95. The highest BCUT2D eigenvalue weighted by atomic mass is 16.3. The number of nitrogens with one attached hydrogen (secondary N) is 1. The number of hydrogen-bond donors (Lipinski definition) is 2. The SMILES string of the molecule is NCC(NC1CC1)c1coc2ccccc12. The van der Waals surface area contributed by atoms with Gasteiger partial charge in [-0.15, -0.1) is 0 Å². The predicted molar refractivity (Wildman–Crippen MR) is 64.2 cm³/mol. The van der Waals surface area contributed by atoms with Crippen LogP contribution in [-0.4, -0.2) is 12.6 Å². The van der Waals surface area contributed by atoms with E-state index in [1.54, 1.807) is 0 Å². The normalized spacial score (nSPS) is 17.8. The Bertz CT molecular complexity index is 487. The molecule has 2 aromatic rings. The lowest BCUT2D eigenvalue weighted by atomic mass is 10.1. The van der Waals surface area contributed by atoms with Gasteiger partial charge in [-0.1, -0.05) is 18.2 Å². The van der Waals surface area contributed by atoms with Crippen LogP contribution in [0.3, 0.4) is 0 Å². The Hall–Kier alpha value is -1.32. The second kappa shape index (κ2) is 3.92. The molecule has 84 valence electrons. The van der Waals surface area contributed by atoms with Crippen LogP contribution >= 0.6 is 0 Å². The van der Waals surface area contributed by atoms with Gasteiger partial charge in [-0.05, 0) is 18.9 Å². The standard InChI is InChI=1S/C13H16N2O/c14-7-12(15-9-5-6-9)11-8-16-13-4-2-1-3-10(11)13/h1-4,8-9,12,15H,5-7,14H2. The molecule has 1 aliphatic carbocycles. The van der Waals surface area contributed by atoms with E-state index in [0.29, 0.717) is 12.6 Å². The lowest BCUT2D eigenvalue weighted by molar-refractivity contribution is 0.527. The number of benzene rings is 1. The van der Waals surface area contributed by atoms with Crippen molar-refractivity contribution in [2.24, 2.45) is 5.73 Å². The zero-order chi connectivity index (χ0) is 11.0. The van der Waals surface area contributed by atoms with E-state index in [2.05, 4.69) is 11.4 Å². The average molecular weight is 216 g/mol. The molecule has 1 heterocycles. The molecule has 0 bridgehead atoms. The van der Waals surface area contributed by atoms with Gasteiger partial charge in [0.2, 0.25) is 0 Å². The minimum absolute atomic E-state index is 0.219. The molecule has 1 aromatic heterocycles. The molecule has 1 saturated carbocycles. The first-order chi connectivity index (χ1) is 7.88. The highest BCUT2D eigenvalue weighted by Crippen LogP contribution is 2.29. The number of rotatable bonds is 4. The van der Waals surface area contributed by atoms with E-state index in [9.17, 15) is 0 Å². The van der Waals surface area contributed by atoms with Gasteiger partial charge in [-0.25, -0.2) is 0 Å². The van der Waals surface area contributed by atoms with Crippen molar-refractivity contribution in [3.05, 3.63) is 36.1 Å². The molecular formula is C13H16N2O. The summed E-state index contributed by atoms with van der Waals surface area (Å²) in [5, 5.41) is 4.72.